The molecular weight excluding hydrogens is 430 g/mol. The van der Waals surface area contributed by atoms with Crippen molar-refractivity contribution in [3.8, 4) is 27.9 Å². The molecule has 2 aromatic carbocycles. The molecule has 0 saturated carbocycles. The van der Waals surface area contributed by atoms with E-state index in [0.717, 1.165) is 34.1 Å². The second-order valence-electron chi connectivity index (χ2n) is 7.24. The summed E-state index contributed by atoms with van der Waals surface area (Å²) in [5, 5.41) is 8.84. The lowest BCUT2D eigenvalue weighted by atomic mass is 9.98. The lowest BCUT2D eigenvalue weighted by Gasteiger charge is -2.11. The third-order valence-corrected chi connectivity index (χ3v) is 5.52. The van der Waals surface area contributed by atoms with E-state index in [1.165, 1.54) is 24.1 Å². The van der Waals surface area contributed by atoms with Crippen LogP contribution in [0.25, 0.3) is 33.5 Å². The summed E-state index contributed by atoms with van der Waals surface area (Å²) in [6.07, 6.45) is 7.21. The molecule has 9 heteroatoms. The van der Waals surface area contributed by atoms with E-state index >= 15 is 0 Å². The number of hydrogen-bond acceptors (Lipinski definition) is 5. The molecule has 6 nitrogen and oxygen atoms in total. The molecule has 5 aromatic rings. The molecule has 0 saturated heterocycles. The molecule has 0 amide bonds. The number of aromatic nitrogens is 5. The summed E-state index contributed by atoms with van der Waals surface area (Å²) in [5.41, 5.74) is 5.25. The maximum atomic E-state index is 14.5. The lowest BCUT2D eigenvalue weighted by Crippen LogP contribution is -1.98. The summed E-state index contributed by atoms with van der Waals surface area (Å²) < 4.78 is 34.6. The van der Waals surface area contributed by atoms with Gasteiger partial charge in [-0.3, -0.25) is 0 Å². The monoisotopic (exact) mass is 448 g/mol. The van der Waals surface area contributed by atoms with Crippen molar-refractivity contribution in [3.63, 3.8) is 0 Å². The smallest absolute Gasteiger partial charge is 0.147 e. The van der Waals surface area contributed by atoms with Crippen molar-refractivity contribution in [2.24, 2.45) is 0 Å². The van der Waals surface area contributed by atoms with Gasteiger partial charge in [-0.15, -0.1) is 0 Å². The molecule has 32 heavy (non-hydrogen) atoms. The molecule has 0 radical (unpaired) electrons. The molecule has 0 fully saturated rings. The predicted octanol–water partition coefficient (Wildman–Crippen LogP) is 5.53. The van der Waals surface area contributed by atoms with Crippen LogP contribution in [-0.4, -0.2) is 30.6 Å². The minimum Gasteiger partial charge on any atom is -0.330 e. The Hall–Kier alpha value is -3.72. The van der Waals surface area contributed by atoms with Gasteiger partial charge in [-0.05, 0) is 60.5 Å². The van der Waals surface area contributed by atoms with Gasteiger partial charge in [0.25, 0.3) is 0 Å². The summed E-state index contributed by atoms with van der Waals surface area (Å²) >= 11 is 1.44. The molecule has 0 bridgehead atoms. The molecule has 0 aliphatic heterocycles. The number of fused-ring (bicyclic) bond motifs is 1. The van der Waals surface area contributed by atoms with Crippen molar-refractivity contribution in [2.75, 3.05) is 11.0 Å². The van der Waals surface area contributed by atoms with E-state index in [1.54, 1.807) is 21.7 Å². The van der Waals surface area contributed by atoms with Crippen molar-refractivity contribution in [2.45, 2.75) is 6.92 Å². The number of rotatable bonds is 5. The van der Waals surface area contributed by atoms with E-state index in [4.69, 9.17) is 0 Å². The molecule has 3 heterocycles. The molecule has 0 aliphatic rings. The summed E-state index contributed by atoms with van der Waals surface area (Å²) in [4.78, 5) is 4.16. The van der Waals surface area contributed by atoms with E-state index in [2.05, 4.69) is 19.9 Å². The van der Waals surface area contributed by atoms with Gasteiger partial charge in [0.1, 0.15) is 23.8 Å². The Morgan fingerprint density at radius 2 is 1.78 bits per heavy atom. The largest absolute Gasteiger partial charge is 0.330 e. The topological polar surface area (TPSA) is 60.0 Å². The number of nitrogens with zero attached hydrogens (tertiary/aromatic N) is 5. The summed E-state index contributed by atoms with van der Waals surface area (Å²) in [5.74, 6) is -0.527. The quantitative estimate of drug-likeness (QED) is 0.359. The van der Waals surface area contributed by atoms with Crippen molar-refractivity contribution < 1.29 is 8.78 Å². The first-order valence-electron chi connectivity index (χ1n) is 9.78. The van der Waals surface area contributed by atoms with Gasteiger partial charge in [-0.25, -0.2) is 23.0 Å². The van der Waals surface area contributed by atoms with E-state index in [-0.39, 0.29) is 0 Å². The van der Waals surface area contributed by atoms with Gasteiger partial charge in [0.2, 0.25) is 0 Å². The third kappa shape index (κ3) is 3.71. The predicted molar refractivity (Wildman–Crippen MR) is 123 cm³/mol. The molecule has 160 valence electrons. The Morgan fingerprint density at radius 1 is 0.969 bits per heavy atom. The molecule has 0 atom stereocenters. The minimum atomic E-state index is -0.607. The maximum absolute atomic E-state index is 14.5. The van der Waals surface area contributed by atoms with Crippen LogP contribution in [0.1, 0.15) is 5.82 Å². The van der Waals surface area contributed by atoms with Gasteiger partial charge in [0, 0.05) is 29.1 Å². The van der Waals surface area contributed by atoms with Crippen LogP contribution in [0.4, 0.5) is 14.5 Å². The Morgan fingerprint density at radius 3 is 2.50 bits per heavy atom. The zero-order valence-corrected chi connectivity index (χ0v) is 18.1. The number of aryl methyl sites for hydroxylation is 1. The van der Waals surface area contributed by atoms with Gasteiger partial charge in [-0.1, -0.05) is 11.9 Å². The summed E-state index contributed by atoms with van der Waals surface area (Å²) in [6, 6.07) is 13.2. The fourth-order valence-corrected chi connectivity index (χ4v) is 3.99. The maximum Gasteiger partial charge on any atom is 0.147 e. The first-order chi connectivity index (χ1) is 15.5. The standard InChI is InChI=1S/C23H18F2N6S/c1-14-26-13-31(28-14)19-4-6-23-21(11-27-30(23)12-19)16-7-15(8-18(9-16)29-32-2)20-5-3-17(24)10-22(20)25/h3-13,29H,1-2H3. The van der Waals surface area contributed by atoms with Crippen LogP contribution in [0.5, 0.6) is 0 Å². The van der Waals surface area contributed by atoms with Crippen LogP contribution < -0.4 is 4.72 Å². The molecule has 0 unspecified atom stereocenters. The molecular formula is C23H18F2N6S. The van der Waals surface area contributed by atoms with Gasteiger partial charge >= 0.3 is 0 Å². The van der Waals surface area contributed by atoms with Gasteiger partial charge in [0.15, 0.2) is 0 Å². The Kier molecular flexibility index (Phi) is 5.10. The molecule has 5 rings (SSSR count). The summed E-state index contributed by atoms with van der Waals surface area (Å²) in [7, 11) is 0. The van der Waals surface area contributed by atoms with E-state index in [0.29, 0.717) is 17.0 Å². The highest BCUT2D eigenvalue weighted by molar-refractivity contribution is 7.99. The fourth-order valence-electron chi connectivity index (χ4n) is 3.64. The van der Waals surface area contributed by atoms with Crippen LogP contribution in [-0.2, 0) is 0 Å². The Balaban J connectivity index is 1.62. The van der Waals surface area contributed by atoms with Crippen molar-refractivity contribution in [1.82, 2.24) is 24.4 Å². The number of anilines is 1. The number of pyridine rings is 1. The van der Waals surface area contributed by atoms with Crippen molar-refractivity contribution >= 4 is 23.2 Å². The highest BCUT2D eigenvalue weighted by atomic mass is 32.2. The van der Waals surface area contributed by atoms with Gasteiger partial charge in [0.05, 0.1) is 23.6 Å². The van der Waals surface area contributed by atoms with Crippen molar-refractivity contribution in [1.29, 1.82) is 0 Å². The third-order valence-electron chi connectivity index (χ3n) is 5.08. The molecule has 1 N–H and O–H groups in total. The molecule has 3 aromatic heterocycles. The average molecular weight is 449 g/mol. The second kappa shape index (κ2) is 8.08. The van der Waals surface area contributed by atoms with Crippen LogP contribution >= 0.6 is 11.9 Å². The number of benzene rings is 2. The average Bonchev–Trinajstić information content (AvgIpc) is 3.39. The SMILES string of the molecule is CSNc1cc(-c2ccc(F)cc2F)cc(-c2cnn3cc(-n4cnc(C)n4)ccc23)c1. The van der Waals surface area contributed by atoms with E-state index in [9.17, 15) is 8.78 Å². The van der Waals surface area contributed by atoms with Crippen LogP contribution in [0.2, 0.25) is 0 Å². The second-order valence-corrected chi connectivity index (χ2v) is 7.85. The van der Waals surface area contributed by atoms with Crippen LogP contribution in [0.3, 0.4) is 0 Å². The number of halogens is 2. The minimum absolute atomic E-state index is 0.331. The van der Waals surface area contributed by atoms with E-state index < -0.39 is 11.6 Å². The highest BCUT2D eigenvalue weighted by Gasteiger charge is 2.13. The first-order valence-corrected chi connectivity index (χ1v) is 11.0. The Labute approximate surface area is 187 Å². The molecule has 0 aliphatic carbocycles. The first kappa shape index (κ1) is 20.2. The lowest BCUT2D eigenvalue weighted by molar-refractivity contribution is 0.585. The zero-order chi connectivity index (χ0) is 22.2. The number of hydrogen-bond donors (Lipinski definition) is 1. The van der Waals surface area contributed by atoms with Gasteiger partial charge < -0.3 is 4.72 Å². The van der Waals surface area contributed by atoms with Crippen molar-refractivity contribution in [3.05, 3.63) is 84.7 Å². The van der Waals surface area contributed by atoms with E-state index in [1.807, 2.05) is 49.7 Å². The Bertz CT molecular complexity index is 1440. The highest BCUT2D eigenvalue weighted by Crippen LogP contribution is 2.34. The molecule has 0 spiro atoms. The fraction of sp³-hybridized carbons (Fsp3) is 0.0870. The number of nitrogens with one attached hydrogen (secondary N) is 1. The zero-order valence-electron chi connectivity index (χ0n) is 17.3. The van der Waals surface area contributed by atoms with Crippen LogP contribution in [0, 0.1) is 18.6 Å². The normalized spacial score (nSPS) is 11.2. The summed E-state index contributed by atoms with van der Waals surface area (Å²) in [6.45, 7) is 1.83. The van der Waals surface area contributed by atoms with Gasteiger partial charge in [-0.2, -0.15) is 10.2 Å². The van der Waals surface area contributed by atoms with Crippen LogP contribution in [0.15, 0.2) is 67.3 Å².